The molecule has 0 aliphatic rings. The third kappa shape index (κ3) is 5.70. The van der Waals surface area contributed by atoms with Crippen LogP contribution in [-0.2, 0) is 11.3 Å². The van der Waals surface area contributed by atoms with E-state index in [1.807, 2.05) is 30.1 Å². The predicted molar refractivity (Wildman–Crippen MR) is 78.0 cm³/mol. The minimum absolute atomic E-state index is 0.0998. The third-order valence-corrected chi connectivity index (χ3v) is 2.70. The Hall–Kier alpha value is -1.62. The molecule has 0 fully saturated rings. The van der Waals surface area contributed by atoms with Crippen LogP contribution in [0.25, 0.3) is 0 Å². The molecule has 0 aliphatic carbocycles. The predicted octanol–water partition coefficient (Wildman–Crippen LogP) is 1.42. The van der Waals surface area contributed by atoms with Crippen LogP contribution in [0.1, 0.15) is 19.0 Å². The summed E-state index contributed by atoms with van der Waals surface area (Å²) in [4.78, 5) is 19.7. The molecule has 1 heterocycles. The third-order valence-electron chi connectivity index (χ3n) is 2.70. The number of anilines is 1. The molecule has 5 nitrogen and oxygen atoms in total. The first-order valence-electron chi connectivity index (χ1n) is 6.61. The SMILES string of the molecule is CCCNc1cccc(CN(C)CC(=O)N(C)C)n1. The van der Waals surface area contributed by atoms with E-state index < -0.39 is 0 Å². The van der Waals surface area contributed by atoms with Crippen LogP contribution in [-0.4, -0.2) is 54.9 Å². The Morgan fingerprint density at radius 2 is 2.05 bits per heavy atom. The largest absolute Gasteiger partial charge is 0.370 e. The standard InChI is InChI=1S/C14H24N4O/c1-5-9-15-13-8-6-7-12(16-13)10-18(4)11-14(19)17(2)3/h6-8H,5,9-11H2,1-4H3,(H,15,16). The summed E-state index contributed by atoms with van der Waals surface area (Å²) < 4.78 is 0. The van der Waals surface area contributed by atoms with Crippen molar-refractivity contribution in [2.75, 3.05) is 39.5 Å². The van der Waals surface area contributed by atoms with Crippen LogP contribution in [0.15, 0.2) is 18.2 Å². The maximum Gasteiger partial charge on any atom is 0.236 e. The van der Waals surface area contributed by atoms with Crippen molar-refractivity contribution in [1.29, 1.82) is 0 Å². The van der Waals surface area contributed by atoms with E-state index >= 15 is 0 Å². The lowest BCUT2D eigenvalue weighted by Gasteiger charge is -2.18. The van der Waals surface area contributed by atoms with Gasteiger partial charge in [-0.3, -0.25) is 9.69 Å². The number of nitrogens with zero attached hydrogens (tertiary/aromatic N) is 3. The van der Waals surface area contributed by atoms with Crippen LogP contribution >= 0.6 is 0 Å². The van der Waals surface area contributed by atoms with E-state index in [-0.39, 0.29) is 5.91 Å². The monoisotopic (exact) mass is 264 g/mol. The zero-order valence-electron chi connectivity index (χ0n) is 12.3. The molecule has 1 N–H and O–H groups in total. The Kier molecular flexibility index (Phi) is 6.29. The number of pyridine rings is 1. The normalized spacial score (nSPS) is 10.6. The molecular weight excluding hydrogens is 240 g/mol. The van der Waals surface area contributed by atoms with Gasteiger partial charge >= 0.3 is 0 Å². The quantitative estimate of drug-likeness (QED) is 0.809. The molecule has 0 bridgehead atoms. The molecule has 1 amide bonds. The molecule has 5 heteroatoms. The summed E-state index contributed by atoms with van der Waals surface area (Å²) in [6, 6.07) is 5.93. The topological polar surface area (TPSA) is 48.5 Å². The summed E-state index contributed by atoms with van der Waals surface area (Å²) >= 11 is 0. The molecule has 0 aliphatic heterocycles. The lowest BCUT2D eigenvalue weighted by molar-refractivity contribution is -0.129. The summed E-state index contributed by atoms with van der Waals surface area (Å²) in [7, 11) is 5.46. The van der Waals surface area contributed by atoms with Gasteiger partial charge in [0, 0.05) is 27.2 Å². The smallest absolute Gasteiger partial charge is 0.236 e. The van der Waals surface area contributed by atoms with Crippen molar-refractivity contribution >= 4 is 11.7 Å². The van der Waals surface area contributed by atoms with E-state index in [4.69, 9.17) is 0 Å². The second-order valence-corrected chi connectivity index (χ2v) is 4.90. The molecule has 1 aromatic heterocycles. The van der Waals surface area contributed by atoms with Crippen molar-refractivity contribution in [3.05, 3.63) is 23.9 Å². The minimum atomic E-state index is 0.0998. The highest BCUT2D eigenvalue weighted by atomic mass is 16.2. The van der Waals surface area contributed by atoms with Crippen molar-refractivity contribution in [2.45, 2.75) is 19.9 Å². The van der Waals surface area contributed by atoms with Gasteiger partial charge in [-0.25, -0.2) is 4.98 Å². The number of aromatic nitrogens is 1. The minimum Gasteiger partial charge on any atom is -0.370 e. The van der Waals surface area contributed by atoms with E-state index in [0.717, 1.165) is 24.5 Å². The van der Waals surface area contributed by atoms with Gasteiger partial charge in [-0.2, -0.15) is 0 Å². The highest BCUT2D eigenvalue weighted by Crippen LogP contribution is 2.07. The fourth-order valence-corrected chi connectivity index (χ4v) is 1.62. The molecule has 0 aromatic carbocycles. The first-order chi connectivity index (χ1) is 9.02. The summed E-state index contributed by atoms with van der Waals surface area (Å²) in [5, 5.41) is 3.26. The molecule has 0 radical (unpaired) electrons. The van der Waals surface area contributed by atoms with Gasteiger partial charge in [-0.1, -0.05) is 13.0 Å². The van der Waals surface area contributed by atoms with E-state index in [1.54, 1.807) is 19.0 Å². The van der Waals surface area contributed by atoms with Gasteiger partial charge in [0.1, 0.15) is 5.82 Å². The van der Waals surface area contributed by atoms with Crippen molar-refractivity contribution in [1.82, 2.24) is 14.8 Å². The molecule has 1 rings (SSSR count). The average Bonchev–Trinajstić information content (AvgIpc) is 2.36. The van der Waals surface area contributed by atoms with Crippen LogP contribution in [0.2, 0.25) is 0 Å². The number of hydrogen-bond donors (Lipinski definition) is 1. The maximum atomic E-state index is 11.6. The second-order valence-electron chi connectivity index (χ2n) is 4.90. The Labute approximate surface area is 115 Å². The molecule has 1 aromatic rings. The first-order valence-corrected chi connectivity index (χ1v) is 6.61. The number of nitrogens with one attached hydrogen (secondary N) is 1. The fourth-order valence-electron chi connectivity index (χ4n) is 1.62. The molecule has 19 heavy (non-hydrogen) atoms. The van der Waals surface area contributed by atoms with Gasteiger partial charge < -0.3 is 10.2 Å². The van der Waals surface area contributed by atoms with Gasteiger partial charge in [-0.05, 0) is 25.6 Å². The van der Waals surface area contributed by atoms with Crippen molar-refractivity contribution in [2.24, 2.45) is 0 Å². The molecular formula is C14H24N4O. The molecule has 0 spiro atoms. The summed E-state index contributed by atoms with van der Waals surface area (Å²) in [6.07, 6.45) is 1.07. The highest BCUT2D eigenvalue weighted by Gasteiger charge is 2.09. The van der Waals surface area contributed by atoms with Crippen LogP contribution in [0, 0.1) is 0 Å². The van der Waals surface area contributed by atoms with E-state index in [9.17, 15) is 4.79 Å². The Morgan fingerprint density at radius 1 is 1.32 bits per heavy atom. The first kappa shape index (κ1) is 15.4. The van der Waals surface area contributed by atoms with Crippen molar-refractivity contribution in [3.8, 4) is 0 Å². The fraction of sp³-hybridized carbons (Fsp3) is 0.571. The summed E-state index contributed by atoms with van der Waals surface area (Å²) in [5.41, 5.74) is 0.968. The van der Waals surface area contributed by atoms with Crippen molar-refractivity contribution in [3.63, 3.8) is 0 Å². The van der Waals surface area contributed by atoms with Gasteiger partial charge in [0.25, 0.3) is 0 Å². The highest BCUT2D eigenvalue weighted by molar-refractivity contribution is 5.77. The van der Waals surface area contributed by atoms with Crippen LogP contribution < -0.4 is 5.32 Å². The van der Waals surface area contributed by atoms with Gasteiger partial charge in [0.2, 0.25) is 5.91 Å². The average molecular weight is 264 g/mol. The molecule has 0 unspecified atom stereocenters. The molecule has 0 atom stereocenters. The van der Waals surface area contributed by atoms with Gasteiger partial charge in [0.15, 0.2) is 0 Å². The van der Waals surface area contributed by atoms with E-state index in [2.05, 4.69) is 17.2 Å². The second kappa shape index (κ2) is 7.74. The number of carbonyl (C=O) groups excluding carboxylic acids is 1. The van der Waals surface area contributed by atoms with Crippen LogP contribution in [0.4, 0.5) is 5.82 Å². The zero-order valence-corrected chi connectivity index (χ0v) is 12.3. The number of rotatable bonds is 7. The van der Waals surface area contributed by atoms with Gasteiger partial charge in [-0.15, -0.1) is 0 Å². The Balaban J connectivity index is 2.54. The Bertz CT molecular complexity index is 406. The number of likely N-dealkylation sites (N-methyl/N-ethyl adjacent to an activating group) is 2. The van der Waals surface area contributed by atoms with Crippen LogP contribution in [0.5, 0.6) is 0 Å². The summed E-state index contributed by atoms with van der Waals surface area (Å²) in [5.74, 6) is 0.995. The summed E-state index contributed by atoms with van der Waals surface area (Å²) in [6.45, 7) is 4.12. The van der Waals surface area contributed by atoms with E-state index in [0.29, 0.717) is 13.1 Å². The number of amides is 1. The Morgan fingerprint density at radius 3 is 2.68 bits per heavy atom. The van der Waals surface area contributed by atoms with E-state index in [1.165, 1.54) is 0 Å². The van der Waals surface area contributed by atoms with Crippen molar-refractivity contribution < 1.29 is 4.79 Å². The zero-order chi connectivity index (χ0) is 14.3. The lowest BCUT2D eigenvalue weighted by Crippen LogP contribution is -2.34. The maximum absolute atomic E-state index is 11.6. The van der Waals surface area contributed by atoms with Crippen LogP contribution in [0.3, 0.4) is 0 Å². The number of carbonyl (C=O) groups is 1. The molecule has 0 saturated heterocycles. The molecule has 106 valence electrons. The molecule has 0 saturated carbocycles. The number of hydrogen-bond acceptors (Lipinski definition) is 4. The lowest BCUT2D eigenvalue weighted by atomic mass is 10.3. The van der Waals surface area contributed by atoms with Gasteiger partial charge in [0.05, 0.1) is 12.2 Å².